The quantitative estimate of drug-likeness (QED) is 0.465. The first kappa shape index (κ1) is 13.0. The van der Waals surface area contributed by atoms with Crippen molar-refractivity contribution >= 4 is 0 Å². The van der Waals surface area contributed by atoms with Crippen LogP contribution >= 0.6 is 0 Å². The van der Waals surface area contributed by atoms with Crippen LogP contribution in [0.4, 0.5) is 0 Å². The maximum absolute atomic E-state index is 11.7. The number of nitrogens with two attached hydrogens (primary N) is 1. The van der Waals surface area contributed by atoms with Gasteiger partial charge in [0.15, 0.2) is 0 Å². The highest BCUT2D eigenvalue weighted by molar-refractivity contribution is 5.03. The molecule has 0 aliphatic carbocycles. The summed E-state index contributed by atoms with van der Waals surface area (Å²) in [5.41, 5.74) is 4.97. The molecule has 0 unspecified atom stereocenters. The number of aliphatic hydroxyl groups excluding tert-OH is 2. The van der Waals surface area contributed by atoms with Gasteiger partial charge in [-0.25, -0.2) is 4.79 Å². The van der Waals surface area contributed by atoms with Crippen LogP contribution in [0.15, 0.2) is 15.8 Å². The molecule has 1 aromatic rings. The summed E-state index contributed by atoms with van der Waals surface area (Å²) in [6, 6.07) is 0. The Bertz CT molecular complexity index is 565. The lowest BCUT2D eigenvalue weighted by molar-refractivity contribution is -0.115. The Morgan fingerprint density at radius 2 is 2.33 bits per heavy atom. The number of aromatic amines is 1. The zero-order chi connectivity index (χ0) is 13.5. The van der Waals surface area contributed by atoms with Gasteiger partial charge in [-0.05, 0) is 6.92 Å². The van der Waals surface area contributed by atoms with Crippen molar-refractivity contribution in [3.8, 4) is 0 Å². The predicted molar refractivity (Wildman–Crippen MR) is 60.8 cm³/mol. The molecule has 1 aromatic heterocycles. The summed E-state index contributed by atoms with van der Waals surface area (Å²) in [6.45, 7) is 1.12. The van der Waals surface area contributed by atoms with E-state index in [-0.39, 0.29) is 6.42 Å². The van der Waals surface area contributed by atoms with Crippen LogP contribution in [-0.4, -0.2) is 38.6 Å². The van der Waals surface area contributed by atoms with Crippen LogP contribution in [0.3, 0.4) is 0 Å². The normalized spacial score (nSPS) is 31.8. The van der Waals surface area contributed by atoms with E-state index in [1.807, 2.05) is 0 Å². The summed E-state index contributed by atoms with van der Waals surface area (Å²) in [6.07, 6.45) is -0.606. The third-order valence-corrected chi connectivity index (χ3v) is 2.99. The van der Waals surface area contributed by atoms with E-state index < -0.39 is 35.9 Å². The van der Waals surface area contributed by atoms with Gasteiger partial charge in [-0.2, -0.15) is 0 Å². The van der Waals surface area contributed by atoms with E-state index in [0.717, 1.165) is 4.57 Å². The zero-order valence-corrected chi connectivity index (χ0v) is 9.79. The average molecular weight is 257 g/mol. The number of ether oxygens (including phenoxy) is 1. The largest absolute Gasteiger partial charge is 0.394 e. The highest BCUT2D eigenvalue weighted by Crippen LogP contribution is 2.29. The van der Waals surface area contributed by atoms with Crippen LogP contribution in [0.1, 0.15) is 12.0 Å². The Kier molecular flexibility index (Phi) is 3.11. The SMILES string of the molecule is Cc1cn([C@@]2(N)C[C@H](O)[C@@H](CO)O2)c(=O)[nH]c1=O. The van der Waals surface area contributed by atoms with E-state index in [4.69, 9.17) is 15.6 Å². The maximum atomic E-state index is 11.7. The first-order valence-corrected chi connectivity index (χ1v) is 5.46. The molecule has 0 spiro atoms. The maximum Gasteiger partial charge on any atom is 0.331 e. The van der Waals surface area contributed by atoms with Gasteiger partial charge in [0, 0.05) is 18.2 Å². The fourth-order valence-corrected chi connectivity index (χ4v) is 1.98. The molecule has 1 fully saturated rings. The molecule has 2 heterocycles. The third-order valence-electron chi connectivity index (χ3n) is 2.99. The molecule has 1 aliphatic rings. The van der Waals surface area contributed by atoms with Crippen molar-refractivity contribution in [1.82, 2.24) is 9.55 Å². The number of H-pyrrole nitrogens is 1. The highest BCUT2D eigenvalue weighted by atomic mass is 16.6. The molecule has 1 saturated heterocycles. The number of nitrogens with one attached hydrogen (secondary N) is 1. The Balaban J connectivity index is 2.47. The third kappa shape index (κ3) is 1.99. The molecule has 8 nitrogen and oxygen atoms in total. The molecule has 18 heavy (non-hydrogen) atoms. The van der Waals surface area contributed by atoms with Crippen molar-refractivity contribution in [3.63, 3.8) is 0 Å². The van der Waals surface area contributed by atoms with Gasteiger partial charge in [0.2, 0.25) is 5.85 Å². The monoisotopic (exact) mass is 257 g/mol. The first-order chi connectivity index (χ1) is 8.37. The van der Waals surface area contributed by atoms with Crippen molar-refractivity contribution in [1.29, 1.82) is 0 Å². The van der Waals surface area contributed by atoms with Gasteiger partial charge in [-0.15, -0.1) is 0 Å². The number of aryl methyl sites for hydroxylation is 1. The van der Waals surface area contributed by atoms with Gasteiger partial charge >= 0.3 is 5.69 Å². The first-order valence-electron chi connectivity index (χ1n) is 5.46. The van der Waals surface area contributed by atoms with Gasteiger partial charge in [-0.1, -0.05) is 0 Å². The van der Waals surface area contributed by atoms with Gasteiger partial charge in [-0.3, -0.25) is 20.1 Å². The zero-order valence-electron chi connectivity index (χ0n) is 9.79. The summed E-state index contributed by atoms with van der Waals surface area (Å²) in [7, 11) is 0. The van der Waals surface area contributed by atoms with Crippen molar-refractivity contribution in [2.45, 2.75) is 31.4 Å². The molecular formula is C10H15N3O5. The molecule has 0 amide bonds. The van der Waals surface area contributed by atoms with Crippen molar-refractivity contribution in [2.75, 3.05) is 6.61 Å². The van der Waals surface area contributed by atoms with Crippen LogP contribution in [-0.2, 0) is 10.6 Å². The van der Waals surface area contributed by atoms with E-state index in [1.165, 1.54) is 13.1 Å². The Labute approximate surface area is 102 Å². The highest BCUT2D eigenvalue weighted by Gasteiger charge is 2.45. The fourth-order valence-electron chi connectivity index (χ4n) is 1.98. The minimum absolute atomic E-state index is 0.0520. The number of aliphatic hydroxyl groups is 2. The molecule has 0 saturated carbocycles. The molecule has 0 bridgehead atoms. The summed E-state index contributed by atoms with van der Waals surface area (Å²) in [4.78, 5) is 25.1. The number of hydrogen-bond acceptors (Lipinski definition) is 6. The Morgan fingerprint density at radius 3 is 2.89 bits per heavy atom. The standard InChI is InChI=1S/C10H15N3O5/c1-5-3-13(9(17)12-8(5)16)10(11)2-6(15)7(4-14)18-10/h3,6-7,14-15H,2,4,11H2,1H3,(H,12,16,17)/t6-,7+,10-/m0/s1. The lowest BCUT2D eigenvalue weighted by atomic mass is 10.1. The molecule has 100 valence electrons. The predicted octanol–water partition coefficient (Wildman–Crippen LogP) is -2.44. The molecule has 0 radical (unpaired) electrons. The Morgan fingerprint density at radius 1 is 1.67 bits per heavy atom. The van der Waals surface area contributed by atoms with E-state index in [2.05, 4.69) is 4.98 Å². The molecule has 3 atom stereocenters. The van der Waals surface area contributed by atoms with Crippen molar-refractivity contribution in [2.24, 2.45) is 5.73 Å². The molecular weight excluding hydrogens is 242 g/mol. The summed E-state index contributed by atoms with van der Waals surface area (Å²) in [5, 5.41) is 18.6. The van der Waals surface area contributed by atoms with Crippen molar-refractivity contribution < 1.29 is 14.9 Å². The second-order valence-electron chi connectivity index (χ2n) is 4.40. The van der Waals surface area contributed by atoms with E-state index in [1.54, 1.807) is 0 Å². The summed E-state index contributed by atoms with van der Waals surface area (Å²) >= 11 is 0. The van der Waals surface area contributed by atoms with Crippen LogP contribution < -0.4 is 17.0 Å². The van der Waals surface area contributed by atoms with Gasteiger partial charge in [0.1, 0.15) is 6.10 Å². The van der Waals surface area contributed by atoms with E-state index >= 15 is 0 Å². The van der Waals surface area contributed by atoms with E-state index in [9.17, 15) is 14.7 Å². The molecule has 2 rings (SSSR count). The molecule has 8 heteroatoms. The second-order valence-corrected chi connectivity index (χ2v) is 4.40. The van der Waals surface area contributed by atoms with Gasteiger partial charge < -0.3 is 14.9 Å². The molecule has 1 aliphatic heterocycles. The molecule has 5 N–H and O–H groups in total. The van der Waals surface area contributed by atoms with Crippen LogP contribution in [0.2, 0.25) is 0 Å². The lowest BCUT2D eigenvalue weighted by Crippen LogP contribution is -2.51. The van der Waals surface area contributed by atoms with Crippen LogP contribution in [0.25, 0.3) is 0 Å². The summed E-state index contributed by atoms with van der Waals surface area (Å²) < 4.78 is 6.31. The van der Waals surface area contributed by atoms with Gasteiger partial charge in [0.25, 0.3) is 5.56 Å². The lowest BCUT2D eigenvalue weighted by Gasteiger charge is -2.26. The van der Waals surface area contributed by atoms with Crippen molar-refractivity contribution in [3.05, 3.63) is 32.6 Å². The number of aromatic nitrogens is 2. The van der Waals surface area contributed by atoms with Gasteiger partial charge in [0.05, 0.1) is 12.7 Å². The number of nitrogens with zero attached hydrogens (tertiary/aromatic N) is 1. The molecule has 0 aromatic carbocycles. The smallest absolute Gasteiger partial charge is 0.331 e. The minimum Gasteiger partial charge on any atom is -0.394 e. The average Bonchev–Trinajstić information content (AvgIpc) is 2.59. The second kappa shape index (κ2) is 4.32. The minimum atomic E-state index is -1.57. The fraction of sp³-hybridized carbons (Fsp3) is 0.600. The number of hydrogen-bond donors (Lipinski definition) is 4. The summed E-state index contributed by atoms with van der Waals surface area (Å²) in [5.74, 6) is -1.57. The van der Waals surface area contributed by atoms with Crippen LogP contribution in [0, 0.1) is 6.92 Å². The topological polar surface area (TPSA) is 131 Å². The van der Waals surface area contributed by atoms with Crippen LogP contribution in [0.5, 0.6) is 0 Å². The van der Waals surface area contributed by atoms with E-state index in [0.29, 0.717) is 5.56 Å². The number of rotatable bonds is 2. The Hall–Kier alpha value is -1.48.